The molecule has 2 aliphatic rings. The summed E-state index contributed by atoms with van der Waals surface area (Å²) in [5.41, 5.74) is 2.40. The fraction of sp³-hybridized carbons (Fsp3) is 0.417. The quantitative estimate of drug-likeness (QED) is 0.650. The summed E-state index contributed by atoms with van der Waals surface area (Å²) in [4.78, 5) is 26.4. The molecule has 1 amide bonds. The molecule has 2 aliphatic heterocycles. The van der Waals surface area contributed by atoms with Gasteiger partial charge in [0.1, 0.15) is 11.4 Å². The van der Waals surface area contributed by atoms with Gasteiger partial charge in [0.15, 0.2) is 0 Å². The standard InChI is InChI=1S/C24H28FN3O3/c1-3-26-20-13-18(25)12-19-21(20)27-23(31)24(19,2)28-10-4-5-16(14-28)11-15-6-8-17(9-7-15)22(29)30/h6-9,12-13,16,26H,3-5,10-11,14H2,1-2H3,(H,27,31)(H,29,30)/t16?,24-/m0/s1. The number of carbonyl (C=O) groups excluding carboxylic acids is 1. The van der Waals surface area contributed by atoms with E-state index in [2.05, 4.69) is 15.5 Å². The Morgan fingerprint density at radius 3 is 2.74 bits per heavy atom. The topological polar surface area (TPSA) is 81.7 Å². The van der Waals surface area contributed by atoms with Crippen molar-refractivity contribution in [1.29, 1.82) is 0 Å². The summed E-state index contributed by atoms with van der Waals surface area (Å²) >= 11 is 0. The molecule has 0 radical (unpaired) electrons. The summed E-state index contributed by atoms with van der Waals surface area (Å²) in [6.07, 6.45) is 2.80. The first-order valence-corrected chi connectivity index (χ1v) is 10.8. The minimum absolute atomic E-state index is 0.126. The second kappa shape index (κ2) is 8.30. The zero-order valence-electron chi connectivity index (χ0n) is 17.9. The molecule has 0 saturated carbocycles. The van der Waals surface area contributed by atoms with Crippen molar-refractivity contribution in [1.82, 2.24) is 4.90 Å². The molecular weight excluding hydrogens is 397 g/mol. The Kier molecular flexibility index (Phi) is 5.71. The molecule has 3 N–H and O–H groups in total. The molecule has 2 heterocycles. The Bertz CT molecular complexity index is 1010. The number of hydrogen-bond acceptors (Lipinski definition) is 4. The van der Waals surface area contributed by atoms with Gasteiger partial charge in [0.2, 0.25) is 5.91 Å². The molecule has 2 aromatic rings. The molecule has 164 valence electrons. The Balaban J connectivity index is 1.57. The van der Waals surface area contributed by atoms with E-state index in [4.69, 9.17) is 5.11 Å². The fourth-order valence-electron chi connectivity index (χ4n) is 4.88. The molecule has 4 rings (SSSR count). The number of hydrogen-bond donors (Lipinski definition) is 3. The van der Waals surface area contributed by atoms with E-state index in [1.54, 1.807) is 12.1 Å². The summed E-state index contributed by atoms with van der Waals surface area (Å²) in [5.74, 6) is -1.08. The third-order valence-electron chi connectivity index (χ3n) is 6.55. The van der Waals surface area contributed by atoms with E-state index in [-0.39, 0.29) is 17.3 Å². The van der Waals surface area contributed by atoms with Gasteiger partial charge >= 0.3 is 5.97 Å². The summed E-state index contributed by atoms with van der Waals surface area (Å²) in [7, 11) is 0. The predicted molar refractivity (Wildman–Crippen MR) is 118 cm³/mol. The minimum atomic E-state index is -0.932. The Morgan fingerprint density at radius 1 is 1.32 bits per heavy atom. The number of piperidine rings is 1. The molecule has 1 unspecified atom stereocenters. The molecule has 31 heavy (non-hydrogen) atoms. The number of fused-ring (bicyclic) bond motifs is 1. The van der Waals surface area contributed by atoms with E-state index in [1.807, 2.05) is 26.0 Å². The normalized spacial score (nSPS) is 23.3. The van der Waals surface area contributed by atoms with Crippen LogP contribution in [0.2, 0.25) is 0 Å². The van der Waals surface area contributed by atoms with Crippen LogP contribution in [-0.2, 0) is 16.8 Å². The number of halogens is 1. The SMILES string of the molecule is CCNc1cc(F)cc2c1NC(=O)[C@@]2(C)N1CCCC(Cc2ccc(C(=O)O)cc2)C1. The van der Waals surface area contributed by atoms with E-state index < -0.39 is 11.5 Å². The highest BCUT2D eigenvalue weighted by atomic mass is 19.1. The molecule has 7 heteroatoms. The lowest BCUT2D eigenvalue weighted by Crippen LogP contribution is -2.53. The number of likely N-dealkylation sites (tertiary alicyclic amines) is 1. The van der Waals surface area contributed by atoms with Gasteiger partial charge in [-0.1, -0.05) is 12.1 Å². The molecule has 1 saturated heterocycles. The number of aromatic carboxylic acids is 1. The van der Waals surface area contributed by atoms with Gasteiger partial charge in [-0.2, -0.15) is 0 Å². The van der Waals surface area contributed by atoms with Crippen LogP contribution in [-0.4, -0.2) is 41.5 Å². The highest BCUT2D eigenvalue weighted by Crippen LogP contribution is 2.46. The van der Waals surface area contributed by atoms with Crippen LogP contribution in [0.4, 0.5) is 15.8 Å². The van der Waals surface area contributed by atoms with Crippen LogP contribution < -0.4 is 10.6 Å². The molecule has 6 nitrogen and oxygen atoms in total. The molecular formula is C24H28FN3O3. The van der Waals surface area contributed by atoms with Crippen molar-refractivity contribution >= 4 is 23.3 Å². The first kappa shape index (κ1) is 21.3. The molecule has 2 atom stereocenters. The smallest absolute Gasteiger partial charge is 0.335 e. The maximum absolute atomic E-state index is 14.4. The van der Waals surface area contributed by atoms with Crippen molar-refractivity contribution in [2.24, 2.45) is 5.92 Å². The Labute approximate surface area is 181 Å². The van der Waals surface area contributed by atoms with Crippen molar-refractivity contribution in [2.75, 3.05) is 30.3 Å². The van der Waals surface area contributed by atoms with Crippen molar-refractivity contribution in [3.8, 4) is 0 Å². The third-order valence-corrected chi connectivity index (χ3v) is 6.55. The highest BCUT2D eigenvalue weighted by Gasteiger charge is 2.49. The second-order valence-electron chi connectivity index (χ2n) is 8.59. The number of carboxylic acids is 1. The summed E-state index contributed by atoms with van der Waals surface area (Å²) in [6.45, 7) is 5.94. The van der Waals surface area contributed by atoms with Crippen LogP contribution in [0, 0.1) is 11.7 Å². The first-order valence-electron chi connectivity index (χ1n) is 10.8. The zero-order chi connectivity index (χ0) is 22.2. The number of amides is 1. The molecule has 2 aromatic carbocycles. The largest absolute Gasteiger partial charge is 0.478 e. The summed E-state index contributed by atoms with van der Waals surface area (Å²) in [6, 6.07) is 9.88. The third kappa shape index (κ3) is 3.90. The second-order valence-corrected chi connectivity index (χ2v) is 8.59. The van der Waals surface area contributed by atoms with Crippen molar-refractivity contribution < 1.29 is 19.1 Å². The Hall–Kier alpha value is -2.93. The maximum atomic E-state index is 14.4. The van der Waals surface area contributed by atoms with E-state index in [0.717, 1.165) is 37.9 Å². The predicted octanol–water partition coefficient (Wildman–Crippen LogP) is 4.08. The lowest BCUT2D eigenvalue weighted by atomic mass is 9.84. The van der Waals surface area contributed by atoms with Gasteiger partial charge in [0.05, 0.1) is 16.9 Å². The lowest BCUT2D eigenvalue weighted by molar-refractivity contribution is -0.128. The monoisotopic (exact) mass is 425 g/mol. The lowest BCUT2D eigenvalue weighted by Gasteiger charge is -2.42. The summed E-state index contributed by atoms with van der Waals surface area (Å²) in [5, 5.41) is 15.2. The minimum Gasteiger partial charge on any atom is -0.478 e. The van der Waals surface area contributed by atoms with E-state index in [0.29, 0.717) is 29.4 Å². The number of carbonyl (C=O) groups is 2. The number of nitrogens with zero attached hydrogens (tertiary/aromatic N) is 1. The molecule has 0 aliphatic carbocycles. The van der Waals surface area contributed by atoms with Crippen LogP contribution >= 0.6 is 0 Å². The first-order chi connectivity index (χ1) is 14.8. The highest BCUT2D eigenvalue weighted by molar-refractivity contribution is 6.08. The van der Waals surface area contributed by atoms with E-state index in [1.165, 1.54) is 12.1 Å². The average molecular weight is 426 g/mol. The van der Waals surface area contributed by atoms with Gasteiger partial charge < -0.3 is 15.7 Å². The van der Waals surface area contributed by atoms with Gasteiger partial charge in [-0.15, -0.1) is 0 Å². The van der Waals surface area contributed by atoms with E-state index >= 15 is 0 Å². The van der Waals surface area contributed by atoms with Gasteiger partial charge in [-0.3, -0.25) is 9.69 Å². The molecule has 0 bridgehead atoms. The van der Waals surface area contributed by atoms with Gasteiger partial charge in [0, 0.05) is 18.7 Å². The molecule has 1 fully saturated rings. The number of rotatable bonds is 6. The van der Waals surface area contributed by atoms with Crippen molar-refractivity contribution in [3.05, 3.63) is 58.9 Å². The number of benzene rings is 2. The number of anilines is 2. The van der Waals surface area contributed by atoms with Crippen molar-refractivity contribution in [3.63, 3.8) is 0 Å². The number of nitrogens with one attached hydrogen (secondary N) is 2. The van der Waals surface area contributed by atoms with E-state index in [9.17, 15) is 14.0 Å². The molecule has 0 aromatic heterocycles. The van der Waals surface area contributed by atoms with Gasteiger partial charge in [-0.25, -0.2) is 9.18 Å². The van der Waals surface area contributed by atoms with Crippen LogP contribution in [0.5, 0.6) is 0 Å². The fourth-order valence-corrected chi connectivity index (χ4v) is 4.88. The van der Waals surface area contributed by atoms with Crippen LogP contribution in [0.15, 0.2) is 36.4 Å². The van der Waals surface area contributed by atoms with Crippen LogP contribution in [0.25, 0.3) is 0 Å². The van der Waals surface area contributed by atoms with Crippen LogP contribution in [0.3, 0.4) is 0 Å². The van der Waals surface area contributed by atoms with Crippen LogP contribution in [0.1, 0.15) is 48.2 Å². The van der Waals surface area contributed by atoms with Gasteiger partial charge in [0.25, 0.3) is 0 Å². The number of carboxylic acid groups (broad SMARTS) is 1. The average Bonchev–Trinajstić information content (AvgIpc) is 3.00. The Morgan fingerprint density at radius 2 is 2.06 bits per heavy atom. The zero-order valence-corrected chi connectivity index (χ0v) is 17.9. The summed E-state index contributed by atoms with van der Waals surface area (Å²) < 4.78 is 14.4. The van der Waals surface area contributed by atoms with Crippen molar-refractivity contribution in [2.45, 2.75) is 38.6 Å². The maximum Gasteiger partial charge on any atom is 0.335 e. The molecule has 0 spiro atoms. The van der Waals surface area contributed by atoms with Gasteiger partial charge in [-0.05, 0) is 75.4 Å².